The number of hydrogen-bond acceptors (Lipinski definition) is 2. The molecule has 0 aliphatic rings. The highest BCUT2D eigenvalue weighted by Gasteiger charge is 2.16. The Morgan fingerprint density at radius 2 is 2.15 bits per heavy atom. The van der Waals surface area contributed by atoms with Crippen LogP contribution in [0.25, 0.3) is 0 Å². The van der Waals surface area contributed by atoms with Crippen molar-refractivity contribution < 1.29 is 0 Å². The van der Waals surface area contributed by atoms with Crippen molar-refractivity contribution >= 4 is 23.2 Å². The van der Waals surface area contributed by atoms with Gasteiger partial charge >= 0.3 is 0 Å². The molecule has 0 spiro atoms. The Morgan fingerprint density at radius 1 is 1.35 bits per heavy atom. The van der Waals surface area contributed by atoms with E-state index >= 15 is 0 Å². The number of nitrogens with zero attached hydrogens (tertiary/aromatic N) is 2. The molecule has 2 rings (SSSR count). The van der Waals surface area contributed by atoms with Gasteiger partial charge in [-0.05, 0) is 31.0 Å². The fraction of sp³-hybridized carbons (Fsp3) is 0.400. The molecule has 0 saturated heterocycles. The first kappa shape index (κ1) is 15.4. The second-order valence-electron chi connectivity index (χ2n) is 4.89. The van der Waals surface area contributed by atoms with Crippen LogP contribution in [0.3, 0.4) is 0 Å². The SMILES string of the molecule is CCCNC(Cc1cccc(Cl)c1Cl)c1cn(C)cn1. The summed E-state index contributed by atoms with van der Waals surface area (Å²) in [5.41, 5.74) is 2.07. The Balaban J connectivity index is 2.21. The predicted octanol–water partition coefficient (Wildman–Crippen LogP) is 4.01. The van der Waals surface area contributed by atoms with Gasteiger partial charge in [0.1, 0.15) is 0 Å². The van der Waals surface area contributed by atoms with Crippen LogP contribution in [-0.2, 0) is 13.5 Å². The van der Waals surface area contributed by atoms with Gasteiger partial charge < -0.3 is 9.88 Å². The number of halogens is 2. The van der Waals surface area contributed by atoms with Crippen molar-refractivity contribution in [3.63, 3.8) is 0 Å². The van der Waals surface area contributed by atoms with E-state index in [1.165, 1.54) is 0 Å². The number of aryl methyl sites for hydroxylation is 1. The quantitative estimate of drug-likeness (QED) is 0.873. The Labute approximate surface area is 129 Å². The lowest BCUT2D eigenvalue weighted by atomic mass is 10.0. The molecule has 5 heteroatoms. The van der Waals surface area contributed by atoms with E-state index in [1.54, 1.807) is 0 Å². The summed E-state index contributed by atoms with van der Waals surface area (Å²) in [4.78, 5) is 4.44. The molecule has 2 aromatic rings. The van der Waals surface area contributed by atoms with Crippen molar-refractivity contribution in [1.82, 2.24) is 14.9 Å². The Hall–Kier alpha value is -1.03. The molecule has 1 aromatic carbocycles. The standard InChI is InChI=1S/C15H19Cl2N3/c1-3-7-18-13(14-9-20(2)10-19-14)8-11-5-4-6-12(16)15(11)17/h4-6,9-10,13,18H,3,7-8H2,1-2H3. The maximum absolute atomic E-state index is 6.28. The summed E-state index contributed by atoms with van der Waals surface area (Å²) < 4.78 is 1.95. The fourth-order valence-electron chi connectivity index (χ4n) is 2.14. The average Bonchev–Trinajstić information content (AvgIpc) is 2.86. The summed E-state index contributed by atoms with van der Waals surface area (Å²) in [5, 5.41) is 4.75. The van der Waals surface area contributed by atoms with Crippen LogP contribution in [0.5, 0.6) is 0 Å². The van der Waals surface area contributed by atoms with Crippen LogP contribution in [0.2, 0.25) is 10.0 Å². The van der Waals surface area contributed by atoms with Gasteiger partial charge in [0, 0.05) is 13.2 Å². The maximum atomic E-state index is 6.28. The zero-order chi connectivity index (χ0) is 14.5. The second-order valence-corrected chi connectivity index (χ2v) is 5.67. The number of benzene rings is 1. The topological polar surface area (TPSA) is 29.9 Å². The minimum Gasteiger partial charge on any atom is -0.340 e. The highest BCUT2D eigenvalue weighted by atomic mass is 35.5. The minimum atomic E-state index is 0.145. The van der Waals surface area contributed by atoms with Gasteiger partial charge in [0.15, 0.2) is 0 Å². The summed E-state index contributed by atoms with van der Waals surface area (Å²) >= 11 is 12.4. The van der Waals surface area contributed by atoms with Crippen LogP contribution in [0.1, 0.15) is 30.6 Å². The number of rotatable bonds is 6. The molecule has 0 aliphatic carbocycles. The highest BCUT2D eigenvalue weighted by Crippen LogP contribution is 2.28. The van der Waals surface area contributed by atoms with E-state index in [0.717, 1.165) is 30.6 Å². The molecule has 0 saturated carbocycles. The summed E-state index contributed by atoms with van der Waals surface area (Å²) in [6.45, 7) is 3.09. The van der Waals surface area contributed by atoms with E-state index in [-0.39, 0.29) is 6.04 Å². The molecular weight excluding hydrogens is 293 g/mol. The zero-order valence-corrected chi connectivity index (χ0v) is 13.2. The summed E-state index contributed by atoms with van der Waals surface area (Å²) in [7, 11) is 1.97. The van der Waals surface area contributed by atoms with E-state index in [2.05, 4.69) is 17.2 Å². The van der Waals surface area contributed by atoms with Gasteiger partial charge in [0.25, 0.3) is 0 Å². The molecule has 1 unspecified atom stereocenters. The Morgan fingerprint density at radius 3 is 2.80 bits per heavy atom. The van der Waals surface area contributed by atoms with Gasteiger partial charge in [-0.3, -0.25) is 0 Å². The largest absolute Gasteiger partial charge is 0.340 e. The maximum Gasteiger partial charge on any atom is 0.0947 e. The number of imidazole rings is 1. The molecule has 1 N–H and O–H groups in total. The Kier molecular flexibility index (Phi) is 5.46. The number of hydrogen-bond donors (Lipinski definition) is 1. The summed E-state index contributed by atoms with van der Waals surface area (Å²) in [6.07, 6.45) is 5.70. The van der Waals surface area contributed by atoms with Gasteiger partial charge in [-0.2, -0.15) is 0 Å². The molecule has 1 heterocycles. The smallest absolute Gasteiger partial charge is 0.0947 e. The minimum absolute atomic E-state index is 0.145. The lowest BCUT2D eigenvalue weighted by Gasteiger charge is -2.17. The molecule has 108 valence electrons. The zero-order valence-electron chi connectivity index (χ0n) is 11.7. The highest BCUT2D eigenvalue weighted by molar-refractivity contribution is 6.42. The second kappa shape index (κ2) is 7.11. The average molecular weight is 312 g/mol. The van der Waals surface area contributed by atoms with Crippen molar-refractivity contribution in [1.29, 1.82) is 0 Å². The molecule has 0 amide bonds. The molecule has 0 bridgehead atoms. The van der Waals surface area contributed by atoms with Crippen LogP contribution in [0, 0.1) is 0 Å². The van der Waals surface area contributed by atoms with Crippen LogP contribution in [-0.4, -0.2) is 16.1 Å². The monoisotopic (exact) mass is 311 g/mol. The number of aromatic nitrogens is 2. The molecule has 3 nitrogen and oxygen atoms in total. The van der Waals surface area contributed by atoms with Crippen LogP contribution in [0.15, 0.2) is 30.7 Å². The van der Waals surface area contributed by atoms with E-state index in [9.17, 15) is 0 Å². The van der Waals surface area contributed by atoms with Gasteiger partial charge in [0.2, 0.25) is 0 Å². The fourth-order valence-corrected chi connectivity index (χ4v) is 2.54. The van der Waals surface area contributed by atoms with Crippen LogP contribution >= 0.6 is 23.2 Å². The van der Waals surface area contributed by atoms with E-state index in [1.807, 2.05) is 42.3 Å². The molecule has 0 fully saturated rings. The third kappa shape index (κ3) is 3.75. The van der Waals surface area contributed by atoms with E-state index < -0.39 is 0 Å². The van der Waals surface area contributed by atoms with Crippen molar-refractivity contribution in [3.8, 4) is 0 Å². The van der Waals surface area contributed by atoms with Gasteiger partial charge in [0.05, 0.1) is 28.1 Å². The van der Waals surface area contributed by atoms with Gasteiger partial charge in [-0.25, -0.2) is 4.98 Å². The molecule has 1 atom stereocenters. The van der Waals surface area contributed by atoms with E-state index in [0.29, 0.717) is 10.0 Å². The summed E-state index contributed by atoms with van der Waals surface area (Å²) in [6, 6.07) is 5.89. The lowest BCUT2D eigenvalue weighted by Crippen LogP contribution is -2.24. The first-order valence-corrected chi connectivity index (χ1v) is 7.51. The molecular formula is C15H19Cl2N3. The molecule has 1 aromatic heterocycles. The Bertz CT molecular complexity index is 566. The molecule has 20 heavy (non-hydrogen) atoms. The third-order valence-corrected chi connectivity index (χ3v) is 4.04. The van der Waals surface area contributed by atoms with Crippen LogP contribution in [0.4, 0.5) is 0 Å². The van der Waals surface area contributed by atoms with E-state index in [4.69, 9.17) is 23.2 Å². The number of nitrogens with one attached hydrogen (secondary N) is 1. The van der Waals surface area contributed by atoms with Gasteiger partial charge in [-0.1, -0.05) is 42.3 Å². The first-order valence-electron chi connectivity index (χ1n) is 6.76. The van der Waals surface area contributed by atoms with Crippen molar-refractivity contribution in [2.75, 3.05) is 6.54 Å². The molecule has 0 aliphatic heterocycles. The van der Waals surface area contributed by atoms with Crippen LogP contribution < -0.4 is 5.32 Å². The van der Waals surface area contributed by atoms with Crippen molar-refractivity contribution in [3.05, 3.63) is 52.0 Å². The van der Waals surface area contributed by atoms with Crippen molar-refractivity contribution in [2.45, 2.75) is 25.8 Å². The molecule has 0 radical (unpaired) electrons. The van der Waals surface area contributed by atoms with Crippen molar-refractivity contribution in [2.24, 2.45) is 7.05 Å². The predicted molar refractivity (Wildman–Crippen MR) is 84.4 cm³/mol. The third-order valence-electron chi connectivity index (χ3n) is 3.18. The summed E-state index contributed by atoms with van der Waals surface area (Å²) in [5.74, 6) is 0. The normalized spacial score (nSPS) is 12.6. The lowest BCUT2D eigenvalue weighted by molar-refractivity contribution is 0.519. The van der Waals surface area contributed by atoms with Gasteiger partial charge in [-0.15, -0.1) is 0 Å². The first-order chi connectivity index (χ1) is 9.61.